The van der Waals surface area contributed by atoms with E-state index in [-0.39, 0.29) is 17.8 Å². The Morgan fingerprint density at radius 3 is 2.62 bits per heavy atom. The second kappa shape index (κ2) is 9.03. The lowest BCUT2D eigenvalue weighted by Crippen LogP contribution is -2.46. The van der Waals surface area contributed by atoms with Gasteiger partial charge in [-0.05, 0) is 43.7 Å². The van der Waals surface area contributed by atoms with Gasteiger partial charge in [0, 0.05) is 6.42 Å². The van der Waals surface area contributed by atoms with Gasteiger partial charge >= 0.3 is 5.97 Å². The van der Waals surface area contributed by atoms with E-state index >= 15 is 0 Å². The number of ether oxygens (including phenoxy) is 1. The van der Waals surface area contributed by atoms with Gasteiger partial charge in [0.1, 0.15) is 6.04 Å². The molecular weight excluding hydrogens is 268 g/mol. The highest BCUT2D eigenvalue weighted by atomic mass is 16.5. The first-order valence-corrected chi connectivity index (χ1v) is 8.07. The minimum absolute atomic E-state index is 0.0521. The van der Waals surface area contributed by atoms with E-state index in [4.69, 9.17) is 4.74 Å². The average Bonchev–Trinajstić information content (AvgIpc) is 2.51. The van der Waals surface area contributed by atoms with Crippen molar-refractivity contribution in [3.63, 3.8) is 0 Å². The number of hydrogen-bond acceptors (Lipinski definition) is 4. The molecule has 1 aliphatic heterocycles. The zero-order valence-corrected chi connectivity index (χ0v) is 13.8. The van der Waals surface area contributed by atoms with Crippen LogP contribution in [0.5, 0.6) is 0 Å². The Balaban J connectivity index is 2.50. The molecule has 0 aromatic rings. The summed E-state index contributed by atoms with van der Waals surface area (Å²) in [4.78, 5) is 24.0. The third-order valence-corrected chi connectivity index (χ3v) is 4.63. The molecular formula is C16H30N2O3. The van der Waals surface area contributed by atoms with Crippen molar-refractivity contribution >= 4 is 11.9 Å². The summed E-state index contributed by atoms with van der Waals surface area (Å²) < 4.78 is 4.79. The van der Waals surface area contributed by atoms with E-state index in [1.807, 2.05) is 13.8 Å². The van der Waals surface area contributed by atoms with E-state index in [2.05, 4.69) is 17.6 Å². The van der Waals surface area contributed by atoms with E-state index in [1.54, 1.807) is 0 Å². The van der Waals surface area contributed by atoms with Crippen molar-refractivity contribution in [3.05, 3.63) is 0 Å². The normalized spacial score (nSPS) is 23.0. The molecule has 0 spiro atoms. The summed E-state index contributed by atoms with van der Waals surface area (Å²) >= 11 is 0. The lowest BCUT2D eigenvalue weighted by atomic mass is 9.85. The van der Waals surface area contributed by atoms with E-state index in [0.29, 0.717) is 18.3 Å². The van der Waals surface area contributed by atoms with Crippen LogP contribution in [-0.4, -0.2) is 38.1 Å². The first-order valence-electron chi connectivity index (χ1n) is 8.07. The summed E-state index contributed by atoms with van der Waals surface area (Å²) in [6, 6.07) is -0.538. The molecule has 2 N–H and O–H groups in total. The maximum absolute atomic E-state index is 12.2. The third kappa shape index (κ3) is 5.65. The van der Waals surface area contributed by atoms with Crippen LogP contribution in [-0.2, 0) is 14.3 Å². The highest BCUT2D eigenvalue weighted by molar-refractivity contribution is 5.84. The standard InChI is InChI=1S/C16H30N2O3/c1-5-11(2)15(16(20)21-4)18-14(19)9-12(3)13-7-6-8-17-10-13/h11-13,15,17H,5-10H2,1-4H3,(H,18,19)/t11-,12?,13?,15-/m0/s1. The quantitative estimate of drug-likeness (QED) is 0.702. The molecule has 122 valence electrons. The molecule has 2 unspecified atom stereocenters. The number of esters is 1. The van der Waals surface area contributed by atoms with Crippen LogP contribution in [0.25, 0.3) is 0 Å². The van der Waals surface area contributed by atoms with Crippen LogP contribution in [0.4, 0.5) is 0 Å². The van der Waals surface area contributed by atoms with Crippen molar-refractivity contribution < 1.29 is 14.3 Å². The van der Waals surface area contributed by atoms with Crippen molar-refractivity contribution in [3.8, 4) is 0 Å². The Kier molecular flexibility index (Phi) is 7.72. The molecule has 0 radical (unpaired) electrons. The summed E-state index contributed by atoms with van der Waals surface area (Å²) in [7, 11) is 1.36. The average molecular weight is 298 g/mol. The third-order valence-electron chi connectivity index (χ3n) is 4.63. The number of amides is 1. The predicted octanol–water partition coefficient (Wildman–Crippen LogP) is 1.72. The fourth-order valence-electron chi connectivity index (χ4n) is 2.85. The molecule has 1 amide bonds. The van der Waals surface area contributed by atoms with Gasteiger partial charge in [0.2, 0.25) is 5.91 Å². The van der Waals surface area contributed by atoms with Gasteiger partial charge in [-0.25, -0.2) is 4.79 Å². The molecule has 0 bridgehead atoms. The highest BCUT2D eigenvalue weighted by Gasteiger charge is 2.28. The minimum Gasteiger partial charge on any atom is -0.467 e. The van der Waals surface area contributed by atoms with Crippen LogP contribution >= 0.6 is 0 Å². The second-order valence-electron chi connectivity index (χ2n) is 6.24. The SMILES string of the molecule is CC[C@H](C)[C@H](NC(=O)CC(C)C1CCCNC1)C(=O)OC. The Hall–Kier alpha value is -1.10. The lowest BCUT2D eigenvalue weighted by molar-refractivity contribution is -0.146. The van der Waals surface area contributed by atoms with Gasteiger partial charge in [0.25, 0.3) is 0 Å². The maximum Gasteiger partial charge on any atom is 0.328 e. The van der Waals surface area contributed by atoms with Crippen molar-refractivity contribution in [2.45, 2.75) is 52.5 Å². The largest absolute Gasteiger partial charge is 0.467 e. The number of hydrogen-bond donors (Lipinski definition) is 2. The Labute approximate surface area is 128 Å². The summed E-state index contributed by atoms with van der Waals surface area (Å²) in [6.07, 6.45) is 3.64. The molecule has 21 heavy (non-hydrogen) atoms. The summed E-state index contributed by atoms with van der Waals surface area (Å²) in [5, 5.41) is 6.23. The summed E-state index contributed by atoms with van der Waals surface area (Å²) in [5.41, 5.74) is 0. The number of nitrogens with one attached hydrogen (secondary N) is 2. The molecule has 0 saturated carbocycles. The topological polar surface area (TPSA) is 67.4 Å². The van der Waals surface area contributed by atoms with Crippen LogP contribution in [0, 0.1) is 17.8 Å². The maximum atomic E-state index is 12.2. The van der Waals surface area contributed by atoms with Crippen molar-refractivity contribution in [1.82, 2.24) is 10.6 Å². The van der Waals surface area contributed by atoms with Crippen LogP contribution in [0.3, 0.4) is 0 Å². The van der Waals surface area contributed by atoms with Crippen molar-refractivity contribution in [2.75, 3.05) is 20.2 Å². The fourth-order valence-corrected chi connectivity index (χ4v) is 2.85. The van der Waals surface area contributed by atoms with E-state index in [1.165, 1.54) is 20.0 Å². The van der Waals surface area contributed by atoms with Crippen LogP contribution in [0.15, 0.2) is 0 Å². The summed E-state index contributed by atoms with van der Waals surface area (Å²) in [5.74, 6) is 0.541. The highest BCUT2D eigenvalue weighted by Crippen LogP contribution is 2.22. The predicted molar refractivity (Wildman–Crippen MR) is 82.8 cm³/mol. The zero-order valence-electron chi connectivity index (χ0n) is 13.8. The number of carbonyl (C=O) groups is 2. The first kappa shape index (κ1) is 18.0. The second-order valence-corrected chi connectivity index (χ2v) is 6.24. The smallest absolute Gasteiger partial charge is 0.328 e. The Morgan fingerprint density at radius 2 is 2.10 bits per heavy atom. The molecule has 1 rings (SSSR count). The Morgan fingerprint density at radius 1 is 1.38 bits per heavy atom. The van der Waals surface area contributed by atoms with Gasteiger partial charge in [0.15, 0.2) is 0 Å². The monoisotopic (exact) mass is 298 g/mol. The van der Waals surface area contributed by atoms with Crippen molar-refractivity contribution in [2.24, 2.45) is 17.8 Å². The molecule has 5 heteroatoms. The van der Waals surface area contributed by atoms with Crippen LogP contribution < -0.4 is 10.6 Å². The minimum atomic E-state index is -0.538. The molecule has 1 heterocycles. The molecule has 0 aliphatic carbocycles. The molecule has 1 aliphatic rings. The number of methoxy groups -OCH3 is 1. The molecule has 5 nitrogen and oxygen atoms in total. The van der Waals surface area contributed by atoms with Gasteiger partial charge in [0.05, 0.1) is 7.11 Å². The van der Waals surface area contributed by atoms with Gasteiger partial charge < -0.3 is 15.4 Å². The Bertz CT molecular complexity index is 340. The number of carbonyl (C=O) groups excluding carboxylic acids is 2. The van der Waals surface area contributed by atoms with Gasteiger partial charge in [-0.3, -0.25) is 4.79 Å². The van der Waals surface area contributed by atoms with Crippen molar-refractivity contribution in [1.29, 1.82) is 0 Å². The van der Waals surface area contributed by atoms with Crippen LogP contribution in [0.2, 0.25) is 0 Å². The van der Waals surface area contributed by atoms with Crippen LogP contribution in [0.1, 0.15) is 46.5 Å². The molecule has 0 aromatic heterocycles. The molecule has 1 fully saturated rings. The fraction of sp³-hybridized carbons (Fsp3) is 0.875. The van der Waals surface area contributed by atoms with Gasteiger partial charge in [-0.15, -0.1) is 0 Å². The molecule has 1 saturated heterocycles. The zero-order chi connectivity index (χ0) is 15.8. The van der Waals surface area contributed by atoms with Gasteiger partial charge in [-0.2, -0.15) is 0 Å². The van der Waals surface area contributed by atoms with E-state index in [9.17, 15) is 9.59 Å². The summed E-state index contributed by atoms with van der Waals surface area (Å²) in [6.45, 7) is 8.14. The first-order chi connectivity index (χ1) is 9.99. The van der Waals surface area contributed by atoms with E-state index in [0.717, 1.165) is 19.5 Å². The molecule has 0 aromatic carbocycles. The van der Waals surface area contributed by atoms with E-state index < -0.39 is 6.04 Å². The lowest BCUT2D eigenvalue weighted by Gasteiger charge is -2.29. The number of piperidine rings is 1. The van der Waals surface area contributed by atoms with Gasteiger partial charge in [-0.1, -0.05) is 27.2 Å². The molecule has 4 atom stereocenters. The number of rotatable bonds is 7.